The third-order valence-corrected chi connectivity index (χ3v) is 7.13. The molecule has 2 aromatic carbocycles. The van der Waals surface area contributed by atoms with Crippen LogP contribution in [0.4, 0.5) is 11.4 Å². The van der Waals surface area contributed by atoms with Crippen LogP contribution in [0.1, 0.15) is 51.2 Å². The van der Waals surface area contributed by atoms with E-state index in [0.29, 0.717) is 6.42 Å². The van der Waals surface area contributed by atoms with Gasteiger partial charge < -0.3 is 15.0 Å². The van der Waals surface area contributed by atoms with Crippen LogP contribution in [0.2, 0.25) is 0 Å². The van der Waals surface area contributed by atoms with Gasteiger partial charge in [-0.2, -0.15) is 8.42 Å². The maximum Gasteiger partial charge on any atom is 0.294 e. The molecule has 0 bridgehead atoms. The van der Waals surface area contributed by atoms with Crippen LogP contribution in [0.5, 0.6) is 5.75 Å². The minimum absolute atomic E-state index is 0.0534. The average molecular weight is 523 g/mol. The highest BCUT2D eigenvalue weighted by Gasteiger charge is 2.25. The summed E-state index contributed by atoms with van der Waals surface area (Å²) in [5.74, 6) is 1.83. The first-order valence-electron chi connectivity index (χ1n) is 12.4. The Bertz CT molecular complexity index is 1360. The Hall–Kier alpha value is -3.29. The molecule has 7 heteroatoms. The number of allylic oxidation sites excluding steroid dienone is 8. The molecule has 0 amide bonds. The fourth-order valence-electron chi connectivity index (χ4n) is 4.03. The smallest absolute Gasteiger partial charge is 0.294 e. The monoisotopic (exact) mass is 522 g/mol. The van der Waals surface area contributed by atoms with E-state index in [1.807, 2.05) is 39.2 Å². The van der Waals surface area contributed by atoms with E-state index in [1.165, 1.54) is 12.1 Å². The van der Waals surface area contributed by atoms with Crippen LogP contribution in [-0.4, -0.2) is 34.1 Å². The van der Waals surface area contributed by atoms with E-state index in [2.05, 4.69) is 67.4 Å². The SMILES string of the molecule is CNc1ccc(S(=O)(=O)O)cc1C(C)C/C=C/C=C/C=C1\C=C(C(C)(C)C)Oc2cc(N(C)C)ccc21. The first-order valence-corrected chi connectivity index (χ1v) is 13.8. The van der Waals surface area contributed by atoms with E-state index >= 15 is 0 Å². The van der Waals surface area contributed by atoms with E-state index < -0.39 is 10.1 Å². The number of rotatable bonds is 8. The number of benzene rings is 2. The minimum Gasteiger partial charge on any atom is -0.460 e. The Kier molecular flexibility index (Phi) is 8.72. The first-order chi connectivity index (χ1) is 17.3. The van der Waals surface area contributed by atoms with Crippen LogP contribution in [-0.2, 0) is 10.1 Å². The third kappa shape index (κ3) is 7.14. The standard InChI is InChI=1S/C30H38N2O4S/c1-21(26-20-24(37(33,34)35)15-17-27(26)31-5)12-10-8-9-11-13-22-18-29(30(2,3)4)36-28-19-23(32(6)7)14-16-25(22)28/h8-11,13-21,31H,12H2,1-7H3,(H,33,34,35)/b10-8+,11-9+,22-13+. The number of ether oxygens (including phenoxy) is 1. The normalized spacial score (nSPS) is 16.0. The molecule has 37 heavy (non-hydrogen) atoms. The van der Waals surface area contributed by atoms with Crippen molar-refractivity contribution >= 4 is 27.1 Å². The molecule has 2 N–H and O–H groups in total. The molecule has 2 aromatic rings. The van der Waals surface area contributed by atoms with Crippen LogP contribution >= 0.6 is 0 Å². The second-order valence-electron chi connectivity index (χ2n) is 10.5. The zero-order valence-electron chi connectivity index (χ0n) is 22.7. The summed E-state index contributed by atoms with van der Waals surface area (Å²) >= 11 is 0. The number of nitrogens with zero attached hydrogens (tertiary/aromatic N) is 1. The van der Waals surface area contributed by atoms with Gasteiger partial charge in [0, 0.05) is 49.6 Å². The highest BCUT2D eigenvalue weighted by molar-refractivity contribution is 7.85. The van der Waals surface area contributed by atoms with E-state index in [4.69, 9.17) is 4.74 Å². The summed E-state index contributed by atoms with van der Waals surface area (Å²) in [6.07, 6.45) is 12.9. The lowest BCUT2D eigenvalue weighted by Crippen LogP contribution is -2.18. The molecule has 1 heterocycles. The van der Waals surface area contributed by atoms with Crippen molar-refractivity contribution in [1.29, 1.82) is 0 Å². The van der Waals surface area contributed by atoms with Crippen molar-refractivity contribution in [3.63, 3.8) is 0 Å². The van der Waals surface area contributed by atoms with Gasteiger partial charge in [-0.3, -0.25) is 4.55 Å². The lowest BCUT2D eigenvalue weighted by atomic mass is 9.89. The summed E-state index contributed by atoms with van der Waals surface area (Å²) < 4.78 is 38.8. The molecule has 3 rings (SSSR count). The Morgan fingerprint density at radius 3 is 2.43 bits per heavy atom. The number of anilines is 2. The predicted molar refractivity (Wildman–Crippen MR) is 154 cm³/mol. The van der Waals surface area contributed by atoms with Crippen LogP contribution in [0.3, 0.4) is 0 Å². The van der Waals surface area contributed by atoms with Crippen molar-refractivity contribution in [2.75, 3.05) is 31.4 Å². The molecule has 0 aromatic heterocycles. The second kappa shape index (κ2) is 11.4. The second-order valence-corrected chi connectivity index (χ2v) is 11.9. The van der Waals surface area contributed by atoms with Gasteiger partial charge in [0.1, 0.15) is 11.5 Å². The average Bonchev–Trinajstić information content (AvgIpc) is 2.83. The van der Waals surface area contributed by atoms with Gasteiger partial charge in [0.05, 0.1) is 4.90 Å². The highest BCUT2D eigenvalue weighted by atomic mass is 32.2. The summed E-state index contributed by atoms with van der Waals surface area (Å²) in [6, 6.07) is 10.9. The Morgan fingerprint density at radius 1 is 1.08 bits per heavy atom. The van der Waals surface area contributed by atoms with Crippen molar-refractivity contribution in [3.8, 4) is 5.75 Å². The van der Waals surface area contributed by atoms with Gasteiger partial charge in [0.2, 0.25) is 0 Å². The zero-order chi connectivity index (χ0) is 27.4. The Labute approximate surface area is 221 Å². The van der Waals surface area contributed by atoms with Crippen LogP contribution in [0, 0.1) is 5.41 Å². The van der Waals surface area contributed by atoms with E-state index in [1.54, 1.807) is 13.1 Å². The van der Waals surface area contributed by atoms with Gasteiger partial charge >= 0.3 is 0 Å². The number of hydrogen-bond donors (Lipinski definition) is 2. The number of nitrogens with one attached hydrogen (secondary N) is 1. The molecule has 1 atom stereocenters. The van der Waals surface area contributed by atoms with E-state index in [9.17, 15) is 13.0 Å². The maximum absolute atomic E-state index is 11.6. The molecule has 0 saturated carbocycles. The first kappa shape index (κ1) is 28.3. The van der Waals surface area contributed by atoms with Gasteiger partial charge in [0.15, 0.2) is 0 Å². The lowest BCUT2D eigenvalue weighted by molar-refractivity contribution is 0.291. The molecular weight excluding hydrogens is 484 g/mol. The molecule has 0 aliphatic carbocycles. The third-order valence-electron chi connectivity index (χ3n) is 6.28. The van der Waals surface area contributed by atoms with Crippen LogP contribution in [0.15, 0.2) is 83.5 Å². The molecule has 6 nitrogen and oxygen atoms in total. The molecule has 0 spiro atoms. The van der Waals surface area contributed by atoms with Gasteiger partial charge in [-0.25, -0.2) is 0 Å². The molecule has 0 fully saturated rings. The number of fused-ring (bicyclic) bond motifs is 1. The largest absolute Gasteiger partial charge is 0.460 e. The molecular formula is C30H38N2O4S. The van der Waals surface area contributed by atoms with Crippen molar-refractivity contribution in [2.24, 2.45) is 5.41 Å². The molecule has 1 unspecified atom stereocenters. The molecule has 1 aliphatic heterocycles. The quantitative estimate of drug-likeness (QED) is 0.286. The lowest BCUT2D eigenvalue weighted by Gasteiger charge is -2.29. The van der Waals surface area contributed by atoms with Crippen LogP contribution < -0.4 is 15.0 Å². The number of hydrogen-bond acceptors (Lipinski definition) is 5. The van der Waals surface area contributed by atoms with Crippen molar-refractivity contribution in [2.45, 2.75) is 44.9 Å². The maximum atomic E-state index is 11.6. The summed E-state index contributed by atoms with van der Waals surface area (Å²) in [4.78, 5) is 1.97. The Balaban J connectivity index is 1.78. The molecule has 198 valence electrons. The highest BCUT2D eigenvalue weighted by Crippen LogP contribution is 2.41. The van der Waals surface area contributed by atoms with Crippen molar-refractivity contribution in [1.82, 2.24) is 0 Å². The summed E-state index contributed by atoms with van der Waals surface area (Å²) in [5.41, 5.74) is 4.79. The van der Waals surface area contributed by atoms with Gasteiger partial charge in [-0.15, -0.1) is 0 Å². The fraction of sp³-hybridized carbons (Fsp3) is 0.333. The van der Waals surface area contributed by atoms with Crippen molar-refractivity contribution < 1.29 is 17.7 Å². The summed E-state index contributed by atoms with van der Waals surface area (Å²) in [5, 5.41) is 3.09. The van der Waals surface area contributed by atoms with Gasteiger partial charge in [-0.1, -0.05) is 58.1 Å². The van der Waals surface area contributed by atoms with Gasteiger partial charge in [-0.05, 0) is 59.9 Å². The van der Waals surface area contributed by atoms with Gasteiger partial charge in [0.25, 0.3) is 10.1 Å². The molecule has 0 radical (unpaired) electrons. The minimum atomic E-state index is -4.25. The molecule has 1 aliphatic rings. The van der Waals surface area contributed by atoms with Crippen LogP contribution in [0.25, 0.3) is 5.57 Å². The van der Waals surface area contributed by atoms with E-state index in [0.717, 1.165) is 39.6 Å². The predicted octanol–water partition coefficient (Wildman–Crippen LogP) is 7.05. The fourth-order valence-corrected chi connectivity index (χ4v) is 4.55. The van der Waals surface area contributed by atoms with E-state index in [-0.39, 0.29) is 16.2 Å². The molecule has 0 saturated heterocycles. The summed E-state index contributed by atoms with van der Waals surface area (Å²) in [6.45, 7) is 8.45. The Morgan fingerprint density at radius 2 is 1.81 bits per heavy atom. The van der Waals surface area contributed by atoms with Crippen molar-refractivity contribution in [3.05, 3.63) is 89.7 Å². The summed E-state index contributed by atoms with van der Waals surface area (Å²) in [7, 11) is 1.58. The topological polar surface area (TPSA) is 78.9 Å². The zero-order valence-corrected chi connectivity index (χ0v) is 23.6.